The van der Waals surface area contributed by atoms with Gasteiger partial charge in [-0.3, -0.25) is 0 Å². The van der Waals surface area contributed by atoms with E-state index in [0.29, 0.717) is 0 Å². The minimum Gasteiger partial charge on any atom is -0.444 e. The van der Waals surface area contributed by atoms with Crippen LogP contribution in [0.25, 0.3) is 0 Å². The molecule has 0 spiro atoms. The Balaban J connectivity index is 4.07. The molecule has 0 aliphatic carbocycles. The summed E-state index contributed by atoms with van der Waals surface area (Å²) in [5.74, 6) is 0. The Bertz CT molecular complexity index is 266. The average molecular weight is 216 g/mol. The van der Waals surface area contributed by atoms with Gasteiger partial charge in [0.2, 0.25) is 0 Å². The fourth-order valence-corrected chi connectivity index (χ4v) is 0.589. The molecule has 15 heavy (non-hydrogen) atoms. The van der Waals surface area contributed by atoms with Crippen molar-refractivity contribution in [2.75, 3.05) is 0 Å². The predicted octanol–water partition coefficient (Wildman–Crippen LogP) is 2.92. The Hall–Kier alpha value is -1.46. The maximum atomic E-state index is 11.0. The third-order valence-electron chi connectivity index (χ3n) is 0.943. The normalized spacial score (nSPS) is 11.9. The maximum absolute atomic E-state index is 11.0. The van der Waals surface area contributed by atoms with Gasteiger partial charge in [-0.1, -0.05) is 10.2 Å². The number of rotatable bonds is 1. The number of nitrogens with zero attached hydrogens (tertiary/aromatic N) is 2. The monoisotopic (exact) mass is 216 g/mol. The summed E-state index contributed by atoms with van der Waals surface area (Å²) in [5.41, 5.74) is -0.655. The zero-order chi connectivity index (χ0) is 12.1. The van der Waals surface area contributed by atoms with Gasteiger partial charge in [-0.15, -0.1) is 0 Å². The molecule has 0 aromatic rings. The molecule has 0 fully saturated rings. The highest BCUT2D eigenvalue weighted by Crippen LogP contribution is 2.08. The van der Waals surface area contributed by atoms with Crippen LogP contribution in [0.3, 0.4) is 0 Å². The van der Waals surface area contributed by atoms with Crippen molar-refractivity contribution in [3.8, 4) is 0 Å². The standard InChI is InChI=1S/C9H16N2O4/c1-6(2)14-7(12)10-11-8(13)15-9(3,4)5/h6H,1-5H3. The molecule has 0 aromatic carbocycles. The molecule has 0 saturated carbocycles. The summed E-state index contributed by atoms with van der Waals surface area (Å²) in [5, 5.41) is 6.09. The van der Waals surface area contributed by atoms with Crippen LogP contribution in [0.15, 0.2) is 10.2 Å². The van der Waals surface area contributed by atoms with Crippen LogP contribution in [0.4, 0.5) is 9.59 Å². The van der Waals surface area contributed by atoms with Gasteiger partial charge in [0.05, 0.1) is 6.10 Å². The lowest BCUT2D eigenvalue weighted by atomic mass is 10.2. The first-order chi connectivity index (χ1) is 6.70. The molecular formula is C9H16N2O4. The smallest absolute Gasteiger partial charge is 0.444 e. The fourth-order valence-electron chi connectivity index (χ4n) is 0.589. The fraction of sp³-hybridized carbons (Fsp3) is 0.778. The molecule has 0 rings (SSSR count). The second-order valence-electron chi connectivity index (χ2n) is 4.11. The van der Waals surface area contributed by atoms with Crippen LogP contribution in [0.1, 0.15) is 34.6 Å². The van der Waals surface area contributed by atoms with Crippen molar-refractivity contribution in [3.63, 3.8) is 0 Å². The summed E-state index contributed by atoms with van der Waals surface area (Å²) in [6.45, 7) is 8.40. The highest BCUT2D eigenvalue weighted by molar-refractivity contribution is 5.73. The van der Waals surface area contributed by atoms with E-state index >= 15 is 0 Å². The van der Waals surface area contributed by atoms with Gasteiger partial charge in [-0.25, -0.2) is 9.59 Å². The van der Waals surface area contributed by atoms with Crippen LogP contribution in [0.5, 0.6) is 0 Å². The molecule has 0 aliphatic heterocycles. The average Bonchev–Trinajstić information content (AvgIpc) is 1.96. The lowest BCUT2D eigenvalue weighted by Gasteiger charge is -2.16. The van der Waals surface area contributed by atoms with E-state index < -0.39 is 17.8 Å². The molecule has 86 valence electrons. The molecule has 0 atom stereocenters. The van der Waals surface area contributed by atoms with E-state index in [2.05, 4.69) is 15.0 Å². The van der Waals surface area contributed by atoms with Crippen LogP contribution in [0.2, 0.25) is 0 Å². The Labute approximate surface area is 88.7 Å². The Morgan fingerprint density at radius 2 is 1.53 bits per heavy atom. The summed E-state index contributed by atoms with van der Waals surface area (Å²) >= 11 is 0. The molecule has 0 radical (unpaired) electrons. The van der Waals surface area contributed by atoms with E-state index in [1.807, 2.05) is 0 Å². The van der Waals surface area contributed by atoms with Crippen molar-refractivity contribution >= 4 is 12.2 Å². The van der Waals surface area contributed by atoms with E-state index in [4.69, 9.17) is 4.74 Å². The quantitative estimate of drug-likeness (QED) is 0.631. The molecular weight excluding hydrogens is 200 g/mol. The summed E-state index contributed by atoms with van der Waals surface area (Å²) in [6, 6.07) is 0. The molecule has 0 aliphatic rings. The first kappa shape index (κ1) is 13.5. The van der Waals surface area contributed by atoms with Gasteiger partial charge in [0.15, 0.2) is 0 Å². The maximum Gasteiger partial charge on any atom is 0.453 e. The number of ether oxygens (including phenoxy) is 2. The number of hydrogen-bond donors (Lipinski definition) is 0. The third-order valence-corrected chi connectivity index (χ3v) is 0.943. The molecule has 0 bridgehead atoms. The van der Waals surface area contributed by atoms with E-state index in [1.165, 1.54) is 0 Å². The highest BCUT2D eigenvalue weighted by atomic mass is 16.6. The topological polar surface area (TPSA) is 77.3 Å². The van der Waals surface area contributed by atoms with Crippen molar-refractivity contribution < 1.29 is 19.1 Å². The highest BCUT2D eigenvalue weighted by Gasteiger charge is 2.16. The number of carbonyl (C=O) groups is 2. The molecule has 0 aromatic heterocycles. The molecule has 0 heterocycles. The first-order valence-electron chi connectivity index (χ1n) is 4.56. The zero-order valence-corrected chi connectivity index (χ0v) is 9.60. The summed E-state index contributed by atoms with van der Waals surface area (Å²) in [7, 11) is 0. The lowest BCUT2D eigenvalue weighted by molar-refractivity contribution is 0.0583. The second kappa shape index (κ2) is 5.43. The van der Waals surface area contributed by atoms with Crippen LogP contribution in [0, 0.1) is 0 Å². The molecule has 0 saturated heterocycles. The lowest BCUT2D eigenvalue weighted by Crippen LogP contribution is -2.21. The number of azo groups is 1. The summed E-state index contributed by atoms with van der Waals surface area (Å²) in [4.78, 5) is 21.8. The van der Waals surface area contributed by atoms with Crippen molar-refractivity contribution in [2.24, 2.45) is 10.2 Å². The van der Waals surface area contributed by atoms with Crippen LogP contribution >= 0.6 is 0 Å². The number of carbonyl (C=O) groups excluding carboxylic acids is 2. The SMILES string of the molecule is CC(C)OC(=O)N=NC(=O)OC(C)(C)C. The van der Waals surface area contributed by atoms with Gasteiger partial charge >= 0.3 is 12.2 Å². The van der Waals surface area contributed by atoms with Crippen molar-refractivity contribution in [3.05, 3.63) is 0 Å². The minimum atomic E-state index is -0.914. The van der Waals surface area contributed by atoms with E-state index in [-0.39, 0.29) is 6.10 Å². The number of amides is 2. The summed E-state index contributed by atoms with van der Waals surface area (Å²) < 4.78 is 9.41. The summed E-state index contributed by atoms with van der Waals surface area (Å²) in [6.07, 6.45) is -2.12. The van der Waals surface area contributed by atoms with Crippen LogP contribution in [-0.4, -0.2) is 23.9 Å². The minimum absolute atomic E-state index is 0.296. The van der Waals surface area contributed by atoms with Crippen molar-refractivity contribution in [1.82, 2.24) is 0 Å². The van der Waals surface area contributed by atoms with E-state index in [9.17, 15) is 9.59 Å². The molecule has 6 heteroatoms. The van der Waals surface area contributed by atoms with E-state index in [0.717, 1.165) is 0 Å². The van der Waals surface area contributed by atoms with Gasteiger partial charge in [0.1, 0.15) is 5.60 Å². The Morgan fingerprint density at radius 1 is 1.07 bits per heavy atom. The molecule has 6 nitrogen and oxygen atoms in total. The zero-order valence-electron chi connectivity index (χ0n) is 9.60. The predicted molar refractivity (Wildman–Crippen MR) is 52.7 cm³/mol. The largest absolute Gasteiger partial charge is 0.453 e. The molecule has 0 unspecified atom stereocenters. The third kappa shape index (κ3) is 8.86. The van der Waals surface area contributed by atoms with Crippen LogP contribution < -0.4 is 0 Å². The second-order valence-corrected chi connectivity index (χ2v) is 4.11. The van der Waals surface area contributed by atoms with E-state index in [1.54, 1.807) is 34.6 Å². The van der Waals surface area contributed by atoms with Crippen molar-refractivity contribution in [1.29, 1.82) is 0 Å². The Morgan fingerprint density at radius 3 is 1.93 bits per heavy atom. The molecule has 0 N–H and O–H groups in total. The Kier molecular flexibility index (Phi) is 4.90. The van der Waals surface area contributed by atoms with Crippen LogP contribution in [-0.2, 0) is 9.47 Å². The van der Waals surface area contributed by atoms with Gasteiger partial charge < -0.3 is 9.47 Å². The number of hydrogen-bond acceptors (Lipinski definition) is 4. The first-order valence-corrected chi connectivity index (χ1v) is 4.56. The van der Waals surface area contributed by atoms with Gasteiger partial charge in [-0.2, -0.15) is 0 Å². The van der Waals surface area contributed by atoms with Gasteiger partial charge in [0, 0.05) is 0 Å². The van der Waals surface area contributed by atoms with Crippen molar-refractivity contribution in [2.45, 2.75) is 46.3 Å². The molecule has 2 amide bonds. The van der Waals surface area contributed by atoms with Gasteiger partial charge in [0.25, 0.3) is 0 Å². The van der Waals surface area contributed by atoms with Gasteiger partial charge in [-0.05, 0) is 34.6 Å².